The molecule has 3 aromatic rings. The first-order chi connectivity index (χ1) is 14.9. The standard InChI is InChI=1S/C22H23N3O5S/c1-29-15-9-11-16(12-10-15)31(27,28)24-19-14-23-21(18-7-4-3-6-17(18)19)25-13-5-8-20(25)22(26)30-2/h3-4,6-7,9-12,14,20,24H,5,8,13H2,1-2H3/t20-/m0/s1. The number of carbonyl (C=O) groups is 1. The fourth-order valence-electron chi connectivity index (χ4n) is 3.85. The van der Waals surface area contributed by atoms with Gasteiger partial charge in [0, 0.05) is 17.3 Å². The highest BCUT2D eigenvalue weighted by Gasteiger charge is 2.33. The van der Waals surface area contributed by atoms with Crippen LogP contribution in [0.2, 0.25) is 0 Å². The van der Waals surface area contributed by atoms with Crippen molar-refractivity contribution in [2.45, 2.75) is 23.8 Å². The van der Waals surface area contributed by atoms with Crippen LogP contribution in [0.4, 0.5) is 11.5 Å². The highest BCUT2D eigenvalue weighted by atomic mass is 32.2. The van der Waals surface area contributed by atoms with Gasteiger partial charge in [-0.15, -0.1) is 0 Å². The lowest BCUT2D eigenvalue weighted by Crippen LogP contribution is -2.37. The van der Waals surface area contributed by atoms with Crippen molar-refractivity contribution < 1.29 is 22.7 Å². The van der Waals surface area contributed by atoms with Crippen LogP contribution in [0.25, 0.3) is 10.8 Å². The molecule has 1 fully saturated rings. The molecule has 1 N–H and O–H groups in total. The molecule has 0 amide bonds. The highest BCUT2D eigenvalue weighted by molar-refractivity contribution is 7.92. The van der Waals surface area contributed by atoms with E-state index < -0.39 is 16.1 Å². The Morgan fingerprint density at radius 1 is 1.10 bits per heavy atom. The molecule has 4 rings (SSSR count). The summed E-state index contributed by atoms with van der Waals surface area (Å²) in [5.74, 6) is 0.907. The molecule has 0 saturated carbocycles. The summed E-state index contributed by atoms with van der Waals surface area (Å²) in [5.41, 5.74) is 0.365. The molecule has 2 heterocycles. The summed E-state index contributed by atoms with van der Waals surface area (Å²) in [6.45, 7) is 0.674. The van der Waals surface area contributed by atoms with Gasteiger partial charge in [-0.2, -0.15) is 0 Å². The molecular weight excluding hydrogens is 418 g/mol. The minimum Gasteiger partial charge on any atom is -0.497 e. The van der Waals surface area contributed by atoms with Crippen LogP contribution >= 0.6 is 0 Å². The fourth-order valence-corrected chi connectivity index (χ4v) is 4.91. The third-order valence-corrected chi connectivity index (χ3v) is 6.77. The normalized spacial score (nSPS) is 16.3. The average Bonchev–Trinajstić information content (AvgIpc) is 3.28. The van der Waals surface area contributed by atoms with Crippen molar-refractivity contribution in [1.29, 1.82) is 0 Å². The molecule has 2 aromatic carbocycles. The quantitative estimate of drug-likeness (QED) is 0.587. The molecule has 0 bridgehead atoms. The topological polar surface area (TPSA) is 97.8 Å². The van der Waals surface area contributed by atoms with Crippen LogP contribution in [0, 0.1) is 0 Å². The first-order valence-electron chi connectivity index (χ1n) is 9.83. The van der Waals surface area contributed by atoms with Gasteiger partial charge >= 0.3 is 5.97 Å². The van der Waals surface area contributed by atoms with Crippen LogP contribution in [0.5, 0.6) is 5.75 Å². The van der Waals surface area contributed by atoms with E-state index in [1.54, 1.807) is 12.1 Å². The smallest absolute Gasteiger partial charge is 0.328 e. The Labute approximate surface area is 180 Å². The van der Waals surface area contributed by atoms with Crippen LogP contribution < -0.4 is 14.4 Å². The van der Waals surface area contributed by atoms with Crippen molar-refractivity contribution in [3.63, 3.8) is 0 Å². The summed E-state index contributed by atoms with van der Waals surface area (Å²) >= 11 is 0. The van der Waals surface area contributed by atoms with E-state index in [9.17, 15) is 13.2 Å². The Hall–Kier alpha value is -3.33. The van der Waals surface area contributed by atoms with Crippen molar-refractivity contribution >= 4 is 38.3 Å². The van der Waals surface area contributed by atoms with Gasteiger partial charge in [-0.25, -0.2) is 18.2 Å². The number of sulfonamides is 1. The zero-order valence-electron chi connectivity index (χ0n) is 17.2. The van der Waals surface area contributed by atoms with Crippen LogP contribution in [0.15, 0.2) is 59.6 Å². The third kappa shape index (κ3) is 4.00. The molecule has 0 unspecified atom stereocenters. The zero-order chi connectivity index (χ0) is 22.0. The van der Waals surface area contributed by atoms with Crippen LogP contribution in [0.3, 0.4) is 0 Å². The first kappa shape index (κ1) is 20.9. The van der Waals surface area contributed by atoms with E-state index in [-0.39, 0.29) is 10.9 Å². The maximum atomic E-state index is 12.9. The maximum absolute atomic E-state index is 12.9. The zero-order valence-corrected chi connectivity index (χ0v) is 18.1. The number of rotatable bonds is 6. The lowest BCUT2D eigenvalue weighted by Gasteiger charge is -2.25. The Morgan fingerprint density at radius 2 is 1.81 bits per heavy atom. The number of nitrogens with one attached hydrogen (secondary N) is 1. The minimum absolute atomic E-state index is 0.117. The van der Waals surface area contributed by atoms with Crippen LogP contribution in [0.1, 0.15) is 12.8 Å². The molecule has 1 aliphatic heterocycles. The molecular formula is C22H23N3O5S. The molecule has 162 valence electrons. The van der Waals surface area contributed by atoms with Crippen molar-refractivity contribution in [2.24, 2.45) is 0 Å². The number of esters is 1. The predicted octanol–water partition coefficient (Wildman–Crippen LogP) is 3.19. The largest absolute Gasteiger partial charge is 0.497 e. The van der Waals surface area contributed by atoms with Gasteiger partial charge in [0.05, 0.1) is 31.0 Å². The molecule has 0 spiro atoms. The monoisotopic (exact) mass is 441 g/mol. The summed E-state index contributed by atoms with van der Waals surface area (Å²) in [5, 5.41) is 1.45. The van der Waals surface area contributed by atoms with Gasteiger partial charge in [-0.05, 0) is 37.1 Å². The Kier molecular flexibility index (Phi) is 5.69. The lowest BCUT2D eigenvalue weighted by molar-refractivity contribution is -0.141. The molecule has 0 aliphatic carbocycles. The van der Waals surface area contributed by atoms with Crippen molar-refractivity contribution in [2.75, 3.05) is 30.4 Å². The lowest BCUT2D eigenvalue weighted by atomic mass is 10.1. The van der Waals surface area contributed by atoms with E-state index in [1.807, 2.05) is 29.2 Å². The van der Waals surface area contributed by atoms with Gasteiger partial charge in [0.2, 0.25) is 0 Å². The molecule has 1 aromatic heterocycles. The second-order valence-corrected chi connectivity index (χ2v) is 8.88. The van der Waals surface area contributed by atoms with E-state index >= 15 is 0 Å². The van der Waals surface area contributed by atoms with Crippen molar-refractivity contribution in [1.82, 2.24) is 4.98 Å². The SMILES string of the molecule is COC(=O)[C@@H]1CCCN1c1ncc(NS(=O)(=O)c2ccc(OC)cc2)c2ccccc12. The van der Waals surface area contributed by atoms with E-state index in [0.717, 1.165) is 11.8 Å². The number of anilines is 2. The highest BCUT2D eigenvalue weighted by Crippen LogP contribution is 2.35. The number of pyridine rings is 1. The summed E-state index contributed by atoms with van der Waals surface area (Å²) in [6, 6.07) is 13.1. The van der Waals surface area contributed by atoms with Gasteiger partial charge < -0.3 is 14.4 Å². The number of methoxy groups -OCH3 is 2. The Balaban J connectivity index is 1.72. The van der Waals surface area contributed by atoms with Crippen LogP contribution in [-0.2, 0) is 19.6 Å². The van der Waals surface area contributed by atoms with Gasteiger partial charge in [-0.3, -0.25) is 4.72 Å². The average molecular weight is 442 g/mol. The maximum Gasteiger partial charge on any atom is 0.328 e. The second kappa shape index (κ2) is 8.43. The van der Waals surface area contributed by atoms with Gasteiger partial charge in [0.15, 0.2) is 0 Å². The molecule has 1 saturated heterocycles. The van der Waals surface area contributed by atoms with E-state index in [4.69, 9.17) is 9.47 Å². The summed E-state index contributed by atoms with van der Waals surface area (Å²) < 4.78 is 38.5. The summed E-state index contributed by atoms with van der Waals surface area (Å²) in [4.78, 5) is 18.8. The predicted molar refractivity (Wildman–Crippen MR) is 118 cm³/mol. The summed E-state index contributed by atoms with van der Waals surface area (Å²) in [6.07, 6.45) is 3.03. The van der Waals surface area contributed by atoms with Gasteiger partial charge in [0.1, 0.15) is 17.6 Å². The van der Waals surface area contributed by atoms with Gasteiger partial charge in [0.25, 0.3) is 10.0 Å². The van der Waals surface area contributed by atoms with Crippen LogP contribution in [-0.4, -0.2) is 46.2 Å². The number of ether oxygens (including phenoxy) is 2. The van der Waals surface area contributed by atoms with E-state index in [0.29, 0.717) is 35.6 Å². The fraction of sp³-hybridized carbons (Fsp3) is 0.273. The molecule has 1 aliphatic rings. The Bertz CT molecular complexity index is 1210. The molecule has 1 atom stereocenters. The summed E-state index contributed by atoms with van der Waals surface area (Å²) in [7, 11) is -0.927. The molecule has 0 radical (unpaired) electrons. The van der Waals surface area contributed by atoms with E-state index in [1.165, 1.54) is 32.5 Å². The number of aromatic nitrogens is 1. The van der Waals surface area contributed by atoms with Gasteiger partial charge in [-0.1, -0.05) is 24.3 Å². The number of fused-ring (bicyclic) bond motifs is 1. The molecule has 31 heavy (non-hydrogen) atoms. The molecule has 9 heteroatoms. The molecule has 8 nitrogen and oxygen atoms in total. The second-order valence-electron chi connectivity index (χ2n) is 7.20. The van der Waals surface area contributed by atoms with Crippen molar-refractivity contribution in [3.05, 3.63) is 54.7 Å². The minimum atomic E-state index is -3.82. The third-order valence-electron chi connectivity index (χ3n) is 5.39. The first-order valence-corrected chi connectivity index (χ1v) is 11.3. The number of benzene rings is 2. The Morgan fingerprint density at radius 3 is 2.48 bits per heavy atom. The number of carbonyl (C=O) groups excluding carboxylic acids is 1. The number of nitrogens with zero attached hydrogens (tertiary/aromatic N) is 2. The van der Waals surface area contributed by atoms with Crippen molar-refractivity contribution in [3.8, 4) is 5.75 Å². The van der Waals surface area contributed by atoms with E-state index in [2.05, 4.69) is 9.71 Å². The number of hydrogen-bond acceptors (Lipinski definition) is 7. The number of hydrogen-bond donors (Lipinski definition) is 1.